The van der Waals surface area contributed by atoms with Gasteiger partial charge in [0.1, 0.15) is 12.4 Å². The molecule has 1 aromatic rings. The molecule has 0 saturated carbocycles. The van der Waals surface area contributed by atoms with E-state index in [1.807, 2.05) is 0 Å². The van der Waals surface area contributed by atoms with Crippen LogP contribution in [0.2, 0.25) is 10.0 Å². The highest BCUT2D eigenvalue weighted by Crippen LogP contribution is 2.32. The molecule has 1 atom stereocenters. The minimum absolute atomic E-state index is 0.160. The van der Waals surface area contributed by atoms with Gasteiger partial charge in [0.25, 0.3) is 0 Å². The molecule has 94 valence electrons. The summed E-state index contributed by atoms with van der Waals surface area (Å²) < 4.78 is 11.2. The molecule has 0 amide bonds. The zero-order chi connectivity index (χ0) is 12.3. The van der Waals surface area contributed by atoms with E-state index in [2.05, 4.69) is 0 Å². The average molecular weight is 276 g/mol. The summed E-state index contributed by atoms with van der Waals surface area (Å²) in [6.07, 6.45) is 2.28. The molecule has 0 spiro atoms. The van der Waals surface area contributed by atoms with E-state index in [9.17, 15) is 0 Å². The SMILES string of the molecule is NCc1cc(Cl)cc(Cl)c1OCC1CCCO1. The fraction of sp³-hybridized carbons (Fsp3) is 0.500. The molecule has 1 heterocycles. The number of nitrogens with two attached hydrogens (primary N) is 1. The maximum Gasteiger partial charge on any atom is 0.142 e. The molecular formula is C12H15Cl2NO2. The highest BCUT2D eigenvalue weighted by Gasteiger charge is 2.18. The number of rotatable bonds is 4. The molecule has 0 aliphatic carbocycles. The lowest BCUT2D eigenvalue weighted by Crippen LogP contribution is -2.17. The van der Waals surface area contributed by atoms with Crippen LogP contribution in [-0.4, -0.2) is 19.3 Å². The first-order valence-electron chi connectivity index (χ1n) is 5.63. The first-order chi connectivity index (χ1) is 8.20. The summed E-state index contributed by atoms with van der Waals surface area (Å²) in [4.78, 5) is 0. The van der Waals surface area contributed by atoms with Crippen molar-refractivity contribution in [3.63, 3.8) is 0 Å². The Balaban J connectivity index is 2.08. The zero-order valence-corrected chi connectivity index (χ0v) is 10.9. The van der Waals surface area contributed by atoms with Gasteiger partial charge in [-0.25, -0.2) is 0 Å². The summed E-state index contributed by atoms with van der Waals surface area (Å²) in [5.41, 5.74) is 6.46. The molecule has 0 radical (unpaired) electrons. The van der Waals surface area contributed by atoms with Crippen molar-refractivity contribution in [3.05, 3.63) is 27.7 Å². The van der Waals surface area contributed by atoms with Crippen molar-refractivity contribution >= 4 is 23.2 Å². The van der Waals surface area contributed by atoms with Crippen molar-refractivity contribution < 1.29 is 9.47 Å². The summed E-state index contributed by atoms with van der Waals surface area (Å²) in [6, 6.07) is 3.44. The Morgan fingerprint density at radius 3 is 2.88 bits per heavy atom. The molecule has 1 aliphatic rings. The summed E-state index contributed by atoms with van der Waals surface area (Å²) >= 11 is 12.0. The molecule has 2 rings (SSSR count). The predicted molar refractivity (Wildman–Crippen MR) is 68.8 cm³/mol. The van der Waals surface area contributed by atoms with Crippen LogP contribution in [0.3, 0.4) is 0 Å². The minimum atomic E-state index is 0.160. The second-order valence-electron chi connectivity index (χ2n) is 4.03. The predicted octanol–water partition coefficient (Wildman–Crippen LogP) is 3.01. The van der Waals surface area contributed by atoms with Gasteiger partial charge < -0.3 is 15.2 Å². The fourth-order valence-corrected chi connectivity index (χ4v) is 2.47. The van der Waals surface area contributed by atoms with Crippen LogP contribution in [0.15, 0.2) is 12.1 Å². The largest absolute Gasteiger partial charge is 0.489 e. The van der Waals surface area contributed by atoms with Gasteiger partial charge in [0, 0.05) is 23.7 Å². The van der Waals surface area contributed by atoms with Gasteiger partial charge in [-0.15, -0.1) is 0 Å². The Bertz CT molecular complexity index is 392. The lowest BCUT2D eigenvalue weighted by molar-refractivity contribution is 0.0677. The molecule has 1 aliphatic heterocycles. The molecule has 17 heavy (non-hydrogen) atoms. The van der Waals surface area contributed by atoms with E-state index in [4.69, 9.17) is 38.4 Å². The molecule has 0 bridgehead atoms. The Kier molecular flexibility index (Phi) is 4.51. The van der Waals surface area contributed by atoms with E-state index >= 15 is 0 Å². The van der Waals surface area contributed by atoms with Crippen molar-refractivity contribution in [1.82, 2.24) is 0 Å². The second-order valence-corrected chi connectivity index (χ2v) is 4.87. The average Bonchev–Trinajstić information content (AvgIpc) is 2.79. The normalized spacial score (nSPS) is 19.6. The van der Waals surface area contributed by atoms with Crippen LogP contribution in [0.5, 0.6) is 5.75 Å². The van der Waals surface area contributed by atoms with Gasteiger partial charge in [0.05, 0.1) is 11.1 Å². The van der Waals surface area contributed by atoms with E-state index in [0.29, 0.717) is 28.9 Å². The van der Waals surface area contributed by atoms with Crippen LogP contribution in [0.25, 0.3) is 0 Å². The van der Waals surface area contributed by atoms with Crippen molar-refractivity contribution in [3.8, 4) is 5.75 Å². The van der Waals surface area contributed by atoms with Crippen LogP contribution in [-0.2, 0) is 11.3 Å². The third-order valence-electron chi connectivity index (χ3n) is 2.74. The van der Waals surface area contributed by atoms with E-state index < -0.39 is 0 Å². The van der Waals surface area contributed by atoms with Gasteiger partial charge in [-0.1, -0.05) is 23.2 Å². The summed E-state index contributed by atoms with van der Waals surface area (Å²) in [6.45, 7) is 1.67. The minimum Gasteiger partial charge on any atom is -0.489 e. The highest BCUT2D eigenvalue weighted by atomic mass is 35.5. The van der Waals surface area contributed by atoms with Gasteiger partial charge >= 0.3 is 0 Å². The van der Waals surface area contributed by atoms with Crippen LogP contribution in [0.4, 0.5) is 0 Å². The molecule has 0 aromatic heterocycles. The van der Waals surface area contributed by atoms with E-state index in [-0.39, 0.29) is 6.10 Å². The van der Waals surface area contributed by atoms with Crippen molar-refractivity contribution in [2.45, 2.75) is 25.5 Å². The first-order valence-corrected chi connectivity index (χ1v) is 6.38. The molecule has 5 heteroatoms. The number of hydrogen-bond acceptors (Lipinski definition) is 3. The topological polar surface area (TPSA) is 44.5 Å². The maximum atomic E-state index is 6.09. The Morgan fingerprint density at radius 2 is 2.24 bits per heavy atom. The lowest BCUT2D eigenvalue weighted by Gasteiger charge is -2.15. The van der Waals surface area contributed by atoms with Crippen LogP contribution in [0.1, 0.15) is 18.4 Å². The van der Waals surface area contributed by atoms with Gasteiger partial charge in [-0.2, -0.15) is 0 Å². The van der Waals surface area contributed by atoms with E-state index in [1.165, 1.54) is 0 Å². The van der Waals surface area contributed by atoms with Crippen molar-refractivity contribution in [1.29, 1.82) is 0 Å². The quantitative estimate of drug-likeness (QED) is 0.919. The van der Waals surface area contributed by atoms with Gasteiger partial charge in [0.2, 0.25) is 0 Å². The number of benzene rings is 1. The van der Waals surface area contributed by atoms with E-state index in [0.717, 1.165) is 25.0 Å². The van der Waals surface area contributed by atoms with E-state index in [1.54, 1.807) is 12.1 Å². The van der Waals surface area contributed by atoms with Gasteiger partial charge in [0.15, 0.2) is 0 Å². The first kappa shape index (κ1) is 13.0. The molecule has 1 saturated heterocycles. The number of halogens is 2. The van der Waals surface area contributed by atoms with Crippen molar-refractivity contribution in [2.75, 3.05) is 13.2 Å². The van der Waals surface area contributed by atoms with Crippen LogP contribution in [0, 0.1) is 0 Å². The maximum absolute atomic E-state index is 6.09. The summed E-state index contributed by atoms with van der Waals surface area (Å²) in [5, 5.41) is 1.07. The summed E-state index contributed by atoms with van der Waals surface area (Å²) in [7, 11) is 0. The summed E-state index contributed by atoms with van der Waals surface area (Å²) in [5.74, 6) is 0.620. The molecule has 1 unspecified atom stereocenters. The molecule has 1 aromatic carbocycles. The second kappa shape index (κ2) is 5.91. The Labute approximate surface area is 111 Å². The van der Waals surface area contributed by atoms with Crippen LogP contribution >= 0.6 is 23.2 Å². The smallest absolute Gasteiger partial charge is 0.142 e. The highest BCUT2D eigenvalue weighted by molar-refractivity contribution is 6.35. The molecule has 2 N–H and O–H groups in total. The van der Waals surface area contributed by atoms with Crippen molar-refractivity contribution in [2.24, 2.45) is 5.73 Å². The third kappa shape index (κ3) is 3.26. The molecule has 3 nitrogen and oxygen atoms in total. The Hall–Kier alpha value is -0.480. The zero-order valence-electron chi connectivity index (χ0n) is 9.42. The lowest BCUT2D eigenvalue weighted by atomic mass is 10.2. The van der Waals surface area contributed by atoms with Gasteiger partial charge in [-0.3, -0.25) is 0 Å². The third-order valence-corrected chi connectivity index (χ3v) is 3.24. The number of ether oxygens (including phenoxy) is 2. The fourth-order valence-electron chi connectivity index (χ4n) is 1.88. The standard InChI is InChI=1S/C12H15Cl2NO2/c13-9-4-8(6-15)12(11(14)5-9)17-7-10-2-1-3-16-10/h4-5,10H,1-3,6-7,15H2. The number of hydrogen-bond donors (Lipinski definition) is 1. The molecule has 1 fully saturated rings. The Morgan fingerprint density at radius 1 is 1.41 bits per heavy atom. The monoisotopic (exact) mass is 275 g/mol. The van der Waals surface area contributed by atoms with Gasteiger partial charge in [-0.05, 0) is 25.0 Å². The van der Waals surface area contributed by atoms with Crippen LogP contribution < -0.4 is 10.5 Å². The molecular weight excluding hydrogens is 261 g/mol.